The monoisotopic (exact) mass is 343 g/mol. The summed E-state index contributed by atoms with van der Waals surface area (Å²) in [6, 6.07) is 19.3. The summed E-state index contributed by atoms with van der Waals surface area (Å²) in [7, 11) is 2.21. The molecule has 2 aromatic rings. The Morgan fingerprint density at radius 3 is 2.25 bits per heavy atom. The van der Waals surface area contributed by atoms with E-state index in [9.17, 15) is 0 Å². The molecule has 130 valence electrons. The van der Waals surface area contributed by atoms with Crippen LogP contribution >= 0.6 is 11.6 Å². The molecule has 0 N–H and O–H groups in total. The molecular weight excluding hydrogens is 314 g/mol. The molecule has 1 nitrogen and oxygen atoms in total. The van der Waals surface area contributed by atoms with Crippen LogP contribution in [0.25, 0.3) is 0 Å². The average molecular weight is 344 g/mol. The van der Waals surface area contributed by atoms with Gasteiger partial charge in [0.25, 0.3) is 0 Å². The molecule has 0 aliphatic carbocycles. The quantitative estimate of drug-likeness (QED) is 0.567. The Labute approximate surface area is 152 Å². The van der Waals surface area contributed by atoms with E-state index in [4.69, 9.17) is 11.6 Å². The van der Waals surface area contributed by atoms with E-state index in [0.29, 0.717) is 5.92 Å². The molecule has 2 aromatic carbocycles. The summed E-state index contributed by atoms with van der Waals surface area (Å²) in [4.78, 5) is 2.42. The van der Waals surface area contributed by atoms with Crippen molar-refractivity contribution in [3.05, 3.63) is 70.7 Å². The smallest absolute Gasteiger partial charge is 0.0409 e. The van der Waals surface area contributed by atoms with Gasteiger partial charge in [-0.1, -0.05) is 81.3 Å². The van der Waals surface area contributed by atoms with Crippen molar-refractivity contribution >= 4 is 11.6 Å². The van der Waals surface area contributed by atoms with Gasteiger partial charge in [-0.05, 0) is 49.2 Å². The first-order valence-electron chi connectivity index (χ1n) is 9.02. The van der Waals surface area contributed by atoms with Gasteiger partial charge < -0.3 is 4.90 Å². The Kier molecular flexibility index (Phi) is 6.89. The van der Waals surface area contributed by atoms with Gasteiger partial charge in [0.2, 0.25) is 0 Å². The van der Waals surface area contributed by atoms with E-state index >= 15 is 0 Å². The molecule has 0 fully saturated rings. The topological polar surface area (TPSA) is 3.24 Å². The van der Waals surface area contributed by atoms with Crippen LogP contribution < -0.4 is 0 Å². The number of halogens is 1. The first-order chi connectivity index (χ1) is 11.5. The highest BCUT2D eigenvalue weighted by Gasteiger charge is 2.37. The molecule has 0 amide bonds. The van der Waals surface area contributed by atoms with Crippen LogP contribution in [0.1, 0.15) is 44.7 Å². The van der Waals surface area contributed by atoms with Crippen LogP contribution in [0.4, 0.5) is 0 Å². The maximum absolute atomic E-state index is 6.34. The van der Waals surface area contributed by atoms with Gasteiger partial charge in [-0.15, -0.1) is 0 Å². The second-order valence-electron chi connectivity index (χ2n) is 6.92. The minimum atomic E-state index is -0.0500. The van der Waals surface area contributed by atoms with E-state index in [1.54, 1.807) is 0 Å². The first-order valence-corrected chi connectivity index (χ1v) is 9.40. The van der Waals surface area contributed by atoms with Gasteiger partial charge >= 0.3 is 0 Å². The van der Waals surface area contributed by atoms with Crippen molar-refractivity contribution in [1.29, 1.82) is 0 Å². The van der Waals surface area contributed by atoms with E-state index < -0.39 is 0 Å². The Bertz CT molecular complexity index is 625. The van der Waals surface area contributed by atoms with Gasteiger partial charge in [-0.2, -0.15) is 0 Å². The van der Waals surface area contributed by atoms with Gasteiger partial charge in [0.05, 0.1) is 0 Å². The normalized spacial score (nSPS) is 15.2. The number of rotatable bonds is 8. The van der Waals surface area contributed by atoms with E-state index in [-0.39, 0.29) is 5.41 Å². The minimum absolute atomic E-state index is 0.0500. The molecule has 2 heteroatoms. The molecule has 0 saturated heterocycles. The zero-order valence-corrected chi connectivity index (χ0v) is 16.2. The SMILES string of the molecule is CCCC(CN(C)CC)C(C)(c1ccccc1)c1cccc(Cl)c1. The highest BCUT2D eigenvalue weighted by Crippen LogP contribution is 2.42. The molecule has 0 heterocycles. The van der Waals surface area contributed by atoms with E-state index in [1.807, 2.05) is 6.07 Å². The summed E-state index contributed by atoms with van der Waals surface area (Å²) in [6.07, 6.45) is 2.38. The van der Waals surface area contributed by atoms with Gasteiger partial charge in [0, 0.05) is 17.0 Å². The fraction of sp³-hybridized carbons (Fsp3) is 0.455. The van der Waals surface area contributed by atoms with Crippen molar-refractivity contribution in [2.24, 2.45) is 5.92 Å². The summed E-state index contributed by atoms with van der Waals surface area (Å²) in [5.41, 5.74) is 2.63. The molecule has 0 saturated carbocycles. The zero-order chi connectivity index (χ0) is 17.6. The molecule has 0 spiro atoms. The molecule has 0 aliphatic heterocycles. The second-order valence-corrected chi connectivity index (χ2v) is 7.36. The molecule has 0 aliphatic rings. The largest absolute Gasteiger partial charge is 0.306 e. The van der Waals surface area contributed by atoms with Crippen molar-refractivity contribution in [1.82, 2.24) is 4.90 Å². The molecule has 2 atom stereocenters. The van der Waals surface area contributed by atoms with Crippen molar-refractivity contribution in [2.45, 2.75) is 39.0 Å². The highest BCUT2D eigenvalue weighted by atomic mass is 35.5. The van der Waals surface area contributed by atoms with Crippen LogP contribution in [0.2, 0.25) is 5.02 Å². The van der Waals surface area contributed by atoms with Crippen LogP contribution in [0, 0.1) is 5.92 Å². The standard InChI is InChI=1S/C22H30ClN/c1-5-11-20(17-24(4)6-2)22(3,18-12-8-7-9-13-18)19-14-10-15-21(23)16-19/h7-10,12-16,20H,5-6,11,17H2,1-4H3. The molecule has 0 aromatic heterocycles. The maximum Gasteiger partial charge on any atom is 0.0409 e. The lowest BCUT2D eigenvalue weighted by Gasteiger charge is -2.41. The Hall–Kier alpha value is -1.31. The van der Waals surface area contributed by atoms with Crippen molar-refractivity contribution in [2.75, 3.05) is 20.1 Å². The van der Waals surface area contributed by atoms with Gasteiger partial charge in [0.15, 0.2) is 0 Å². The summed E-state index contributed by atoms with van der Waals surface area (Å²) in [6.45, 7) is 9.05. The molecule has 0 bridgehead atoms. The lowest BCUT2D eigenvalue weighted by atomic mass is 9.65. The fourth-order valence-electron chi connectivity index (χ4n) is 3.65. The Balaban J connectivity index is 2.56. The average Bonchev–Trinajstić information content (AvgIpc) is 2.61. The Morgan fingerprint density at radius 2 is 1.67 bits per heavy atom. The lowest BCUT2D eigenvalue weighted by Crippen LogP contribution is -2.40. The van der Waals surface area contributed by atoms with E-state index in [0.717, 1.165) is 18.1 Å². The first kappa shape index (κ1) is 19.0. The van der Waals surface area contributed by atoms with Crippen LogP contribution in [0.5, 0.6) is 0 Å². The van der Waals surface area contributed by atoms with Crippen molar-refractivity contribution in [3.8, 4) is 0 Å². The number of hydrogen-bond acceptors (Lipinski definition) is 1. The van der Waals surface area contributed by atoms with Crippen molar-refractivity contribution in [3.63, 3.8) is 0 Å². The van der Waals surface area contributed by atoms with Crippen LogP contribution in [0.3, 0.4) is 0 Å². The lowest BCUT2D eigenvalue weighted by molar-refractivity contribution is 0.216. The minimum Gasteiger partial charge on any atom is -0.306 e. The summed E-state index contributed by atoms with van der Waals surface area (Å²) in [5.74, 6) is 0.535. The molecular formula is C22H30ClN. The molecule has 2 unspecified atom stereocenters. The number of nitrogens with zero attached hydrogens (tertiary/aromatic N) is 1. The fourth-order valence-corrected chi connectivity index (χ4v) is 3.84. The Morgan fingerprint density at radius 1 is 1.00 bits per heavy atom. The van der Waals surface area contributed by atoms with E-state index in [2.05, 4.69) is 81.2 Å². The number of benzene rings is 2. The predicted molar refractivity (Wildman–Crippen MR) is 106 cm³/mol. The number of hydrogen-bond donors (Lipinski definition) is 0. The van der Waals surface area contributed by atoms with Gasteiger partial charge in [-0.3, -0.25) is 0 Å². The van der Waals surface area contributed by atoms with Gasteiger partial charge in [-0.25, -0.2) is 0 Å². The third-order valence-corrected chi connectivity index (χ3v) is 5.56. The third kappa shape index (κ3) is 4.20. The third-order valence-electron chi connectivity index (χ3n) is 5.32. The summed E-state index contributed by atoms with van der Waals surface area (Å²) >= 11 is 6.34. The summed E-state index contributed by atoms with van der Waals surface area (Å²) in [5, 5.41) is 0.814. The highest BCUT2D eigenvalue weighted by molar-refractivity contribution is 6.30. The van der Waals surface area contributed by atoms with Crippen LogP contribution in [-0.4, -0.2) is 25.0 Å². The molecule has 2 rings (SSSR count). The maximum atomic E-state index is 6.34. The second kappa shape index (κ2) is 8.69. The molecule has 24 heavy (non-hydrogen) atoms. The summed E-state index contributed by atoms with van der Waals surface area (Å²) < 4.78 is 0. The van der Waals surface area contributed by atoms with Crippen LogP contribution in [-0.2, 0) is 5.41 Å². The predicted octanol–water partition coefficient (Wildman–Crippen LogP) is 6.01. The molecule has 0 radical (unpaired) electrons. The van der Waals surface area contributed by atoms with Crippen molar-refractivity contribution < 1.29 is 0 Å². The van der Waals surface area contributed by atoms with E-state index in [1.165, 1.54) is 24.0 Å². The van der Waals surface area contributed by atoms with Gasteiger partial charge in [0.1, 0.15) is 0 Å². The van der Waals surface area contributed by atoms with Crippen LogP contribution in [0.15, 0.2) is 54.6 Å². The zero-order valence-electron chi connectivity index (χ0n) is 15.4.